The maximum Gasteiger partial charge on any atom is 0.573 e. The number of alkyl halides is 3. The molecule has 0 bridgehead atoms. The van der Waals surface area contributed by atoms with Crippen molar-refractivity contribution in [1.29, 1.82) is 0 Å². The van der Waals surface area contributed by atoms with Crippen molar-refractivity contribution in [3.05, 3.63) is 69.5 Å². The molecule has 1 unspecified atom stereocenters. The maximum atomic E-state index is 15.2. The summed E-state index contributed by atoms with van der Waals surface area (Å²) in [5.74, 6) is -0.866. The molecule has 7 nitrogen and oxygen atoms in total. The lowest BCUT2D eigenvalue weighted by Gasteiger charge is -2.48. The third-order valence-corrected chi connectivity index (χ3v) is 7.46. The van der Waals surface area contributed by atoms with Gasteiger partial charge in [-0.05, 0) is 50.8 Å². The van der Waals surface area contributed by atoms with Gasteiger partial charge in [-0.3, -0.25) is 9.69 Å². The van der Waals surface area contributed by atoms with Crippen LogP contribution in [0, 0.1) is 18.3 Å². The van der Waals surface area contributed by atoms with Gasteiger partial charge in [-0.2, -0.15) is 0 Å². The molecule has 5 rings (SSSR count). The van der Waals surface area contributed by atoms with Crippen LogP contribution in [-0.2, 0) is 7.05 Å². The molecule has 2 aliphatic rings. The molecule has 2 aromatic heterocycles. The minimum atomic E-state index is -4.89. The number of pyridine rings is 2. The lowest BCUT2D eigenvalue weighted by Crippen LogP contribution is -2.58. The zero-order valence-corrected chi connectivity index (χ0v) is 21.2. The monoisotopic (exact) mass is 529 g/mol. The van der Waals surface area contributed by atoms with Gasteiger partial charge in [0.15, 0.2) is 0 Å². The molecule has 1 aliphatic heterocycles. The van der Waals surface area contributed by atoms with E-state index in [-0.39, 0.29) is 35.4 Å². The summed E-state index contributed by atoms with van der Waals surface area (Å²) in [5.41, 5.74) is 2.01. The summed E-state index contributed by atoms with van der Waals surface area (Å²) in [6, 6.07) is 7.77. The van der Waals surface area contributed by atoms with E-state index in [1.807, 2.05) is 13.8 Å². The summed E-state index contributed by atoms with van der Waals surface area (Å²) in [6.07, 6.45) is -3.07. The van der Waals surface area contributed by atoms with E-state index in [0.29, 0.717) is 35.4 Å². The molecule has 0 amide bonds. The molecule has 3 aromatic rings. The molecule has 1 aliphatic carbocycles. The van der Waals surface area contributed by atoms with Gasteiger partial charge in [0.25, 0.3) is 11.4 Å². The van der Waals surface area contributed by atoms with Crippen molar-refractivity contribution in [3.8, 4) is 5.75 Å². The molecule has 0 N–H and O–H groups in total. The van der Waals surface area contributed by atoms with Crippen molar-refractivity contribution < 1.29 is 22.3 Å². The molecular weight excluding hydrogens is 502 g/mol. The van der Waals surface area contributed by atoms with Crippen molar-refractivity contribution in [1.82, 2.24) is 14.5 Å². The fraction of sp³-hybridized carbons (Fsp3) is 0.444. The minimum Gasteiger partial charge on any atom is -0.406 e. The summed E-state index contributed by atoms with van der Waals surface area (Å²) in [5, 5.41) is 0. The van der Waals surface area contributed by atoms with Gasteiger partial charge >= 0.3 is 6.36 Å². The molecule has 0 radical (unpaired) electrons. The van der Waals surface area contributed by atoms with Crippen LogP contribution < -0.4 is 15.2 Å². The number of aryl methyl sites for hydroxylation is 1. The Morgan fingerprint density at radius 2 is 1.84 bits per heavy atom. The van der Waals surface area contributed by atoms with Crippen LogP contribution in [0.25, 0.3) is 15.9 Å². The molecule has 1 saturated carbocycles. The van der Waals surface area contributed by atoms with Crippen molar-refractivity contribution in [2.45, 2.75) is 51.2 Å². The molecule has 3 atom stereocenters. The van der Waals surface area contributed by atoms with E-state index in [4.69, 9.17) is 6.57 Å². The van der Waals surface area contributed by atoms with Crippen LogP contribution >= 0.6 is 0 Å². The number of ether oxygens (including phenoxy) is 1. The number of piperazine rings is 1. The van der Waals surface area contributed by atoms with Gasteiger partial charge in [-0.25, -0.2) is 4.39 Å². The zero-order chi connectivity index (χ0) is 27.4. The fourth-order valence-corrected chi connectivity index (χ4v) is 5.52. The number of halogens is 4. The number of rotatable bonds is 5. The first-order valence-electron chi connectivity index (χ1n) is 12.4. The summed E-state index contributed by atoms with van der Waals surface area (Å²) in [6.45, 7) is 12.5. The smallest absolute Gasteiger partial charge is 0.406 e. The summed E-state index contributed by atoms with van der Waals surface area (Å²) in [4.78, 5) is 25.0. The number of fused-ring (bicyclic) bond motifs is 1. The molecular formula is C27H27F4N5O2. The number of hydrogen-bond acceptors (Lipinski definition) is 5. The second-order valence-electron chi connectivity index (χ2n) is 10.1. The Balaban J connectivity index is 1.47. The topological polar surface area (TPSA) is 55.0 Å². The van der Waals surface area contributed by atoms with Crippen LogP contribution in [0.5, 0.6) is 5.75 Å². The molecule has 1 saturated heterocycles. The second kappa shape index (κ2) is 9.58. The molecule has 3 heterocycles. The highest BCUT2D eigenvalue weighted by atomic mass is 19.4. The van der Waals surface area contributed by atoms with Gasteiger partial charge in [0.2, 0.25) is 5.52 Å². The van der Waals surface area contributed by atoms with E-state index in [0.717, 1.165) is 25.0 Å². The summed E-state index contributed by atoms with van der Waals surface area (Å²) >= 11 is 0. The molecule has 200 valence electrons. The normalized spacial score (nSPS) is 21.4. The Bertz CT molecular complexity index is 1480. The van der Waals surface area contributed by atoms with Gasteiger partial charge in [-0.1, -0.05) is 12.6 Å². The lowest BCUT2D eigenvalue weighted by atomic mass is 9.95. The molecule has 2 fully saturated rings. The summed E-state index contributed by atoms with van der Waals surface area (Å²) < 4.78 is 58.4. The number of nitrogens with zero attached hydrogens (tertiary/aromatic N) is 5. The van der Waals surface area contributed by atoms with Crippen molar-refractivity contribution in [3.63, 3.8) is 0 Å². The van der Waals surface area contributed by atoms with Gasteiger partial charge in [0.1, 0.15) is 11.6 Å². The van der Waals surface area contributed by atoms with Gasteiger partial charge in [-0.15, -0.1) is 18.2 Å². The first-order valence-corrected chi connectivity index (χ1v) is 12.4. The Labute approximate surface area is 217 Å². The predicted molar refractivity (Wildman–Crippen MR) is 135 cm³/mol. The first-order chi connectivity index (χ1) is 18.0. The molecule has 1 aromatic carbocycles. The Morgan fingerprint density at radius 3 is 2.47 bits per heavy atom. The van der Waals surface area contributed by atoms with Crippen LogP contribution in [-0.4, -0.2) is 46.0 Å². The average molecular weight is 530 g/mol. The van der Waals surface area contributed by atoms with Crippen LogP contribution in [0.3, 0.4) is 0 Å². The van der Waals surface area contributed by atoms with Crippen LogP contribution in [0.2, 0.25) is 0 Å². The second-order valence-corrected chi connectivity index (χ2v) is 10.1. The van der Waals surface area contributed by atoms with Gasteiger partial charge in [0, 0.05) is 56.0 Å². The number of aromatic nitrogens is 2. The zero-order valence-electron chi connectivity index (χ0n) is 21.2. The molecule has 11 heteroatoms. The molecule has 38 heavy (non-hydrogen) atoms. The molecule has 0 spiro atoms. The Kier molecular flexibility index (Phi) is 6.55. The van der Waals surface area contributed by atoms with E-state index in [2.05, 4.69) is 24.4 Å². The van der Waals surface area contributed by atoms with E-state index in [1.165, 1.54) is 10.6 Å². The maximum absolute atomic E-state index is 15.2. The third-order valence-electron chi connectivity index (χ3n) is 7.46. The predicted octanol–water partition coefficient (Wildman–Crippen LogP) is 5.57. The average Bonchev–Trinajstić information content (AvgIpc) is 3.69. The highest BCUT2D eigenvalue weighted by Crippen LogP contribution is 2.47. The Hall–Kier alpha value is -3.65. The van der Waals surface area contributed by atoms with Crippen LogP contribution in [0.4, 0.5) is 29.1 Å². The standard InChI is InChI=1S/C27H27F4N5O2/c1-15-14-36(26(17-5-6-17)19-8-7-18(11-20(19)28)38-27(29,30)31)16(2)13-35(15)22-12-24(37)34(4)21-9-10-23(32-3)33-25(21)22/h7-12,15-17,26H,5-6,13-14H2,1-2,4H3/t15-,16+,26?/m0/s1. The van der Waals surface area contributed by atoms with E-state index >= 15 is 4.39 Å². The minimum absolute atomic E-state index is 0.0644. The van der Waals surface area contributed by atoms with Crippen molar-refractivity contribution >= 4 is 22.5 Å². The van der Waals surface area contributed by atoms with Crippen molar-refractivity contribution in [2.24, 2.45) is 13.0 Å². The lowest BCUT2D eigenvalue weighted by molar-refractivity contribution is -0.274. The fourth-order valence-electron chi connectivity index (χ4n) is 5.52. The highest BCUT2D eigenvalue weighted by molar-refractivity contribution is 5.89. The third kappa shape index (κ3) is 4.92. The number of hydrogen-bond donors (Lipinski definition) is 0. The number of anilines is 1. The van der Waals surface area contributed by atoms with E-state index in [1.54, 1.807) is 25.2 Å². The number of benzene rings is 1. The van der Waals surface area contributed by atoms with Gasteiger partial charge < -0.3 is 19.0 Å². The van der Waals surface area contributed by atoms with E-state index < -0.39 is 17.9 Å². The largest absolute Gasteiger partial charge is 0.573 e. The van der Waals surface area contributed by atoms with Crippen LogP contribution in [0.1, 0.15) is 38.3 Å². The quantitative estimate of drug-likeness (QED) is 0.320. The van der Waals surface area contributed by atoms with E-state index in [9.17, 15) is 18.0 Å². The van der Waals surface area contributed by atoms with Crippen molar-refractivity contribution in [2.75, 3.05) is 18.0 Å². The van der Waals surface area contributed by atoms with Crippen LogP contribution in [0.15, 0.2) is 41.2 Å². The highest BCUT2D eigenvalue weighted by Gasteiger charge is 2.43. The SMILES string of the molecule is [C-]#[N+]c1ccc2c(n1)c(N1C[C@@H](C)N(C(c3ccc(OC(F)(F)F)cc3F)C3CC3)C[C@@H]1C)cc(=O)n2C. The Morgan fingerprint density at radius 1 is 1.11 bits per heavy atom. The first kappa shape index (κ1) is 26.0. The van der Waals surface area contributed by atoms with Gasteiger partial charge in [0.05, 0.1) is 11.2 Å². The summed E-state index contributed by atoms with van der Waals surface area (Å²) in [7, 11) is 1.66.